The molecule has 1 saturated heterocycles. The van der Waals surface area contributed by atoms with Crippen LogP contribution in [0.15, 0.2) is 24.3 Å². The summed E-state index contributed by atoms with van der Waals surface area (Å²) in [4.78, 5) is 28.8. The number of ether oxygens (including phenoxy) is 1. The summed E-state index contributed by atoms with van der Waals surface area (Å²) in [6.45, 7) is 4.57. The normalized spacial score (nSPS) is 18.4. The van der Waals surface area contributed by atoms with Gasteiger partial charge in [0.25, 0.3) is 0 Å². The van der Waals surface area contributed by atoms with Gasteiger partial charge < -0.3 is 45.0 Å². The van der Waals surface area contributed by atoms with Crippen LogP contribution in [-0.2, 0) is 61.9 Å². The van der Waals surface area contributed by atoms with Crippen molar-refractivity contribution in [3.05, 3.63) is 40.2 Å². The van der Waals surface area contributed by atoms with Crippen LogP contribution in [-0.4, -0.2) is 86.1 Å². The number of piperidine rings is 1. The van der Waals surface area contributed by atoms with E-state index in [-0.39, 0.29) is 30.3 Å². The topological polar surface area (TPSA) is 81.0 Å². The van der Waals surface area contributed by atoms with Gasteiger partial charge in [0.05, 0.1) is 18.9 Å². The average molecular weight is 599 g/mol. The van der Waals surface area contributed by atoms with Crippen molar-refractivity contribution in [1.82, 2.24) is 9.80 Å². The van der Waals surface area contributed by atoms with E-state index in [1.807, 2.05) is 24.3 Å². The summed E-state index contributed by atoms with van der Waals surface area (Å²) < 4.78 is 13.3. The molecule has 2 rings (SSSR count). The van der Waals surface area contributed by atoms with Gasteiger partial charge in [0.15, 0.2) is 0 Å². The number of likely N-dealkylation sites (tertiary alicyclic amines) is 1. The third kappa shape index (κ3) is 11.2. The van der Waals surface area contributed by atoms with Crippen LogP contribution in [0.1, 0.15) is 24.3 Å². The summed E-state index contributed by atoms with van der Waals surface area (Å²) in [5.41, 5.74) is 1.12. The first-order valence-corrected chi connectivity index (χ1v) is 13.1. The summed E-state index contributed by atoms with van der Waals surface area (Å²) in [7, 11) is 1.45. The van der Waals surface area contributed by atoms with Crippen LogP contribution in [0, 0.1) is 5.92 Å². The van der Waals surface area contributed by atoms with E-state index in [1.54, 1.807) is 0 Å². The quantitative estimate of drug-likeness (QED) is 0.268. The van der Waals surface area contributed by atoms with Crippen LogP contribution in [0.25, 0.3) is 5.32 Å². The summed E-state index contributed by atoms with van der Waals surface area (Å²) in [6, 6.07) is 7.74. The van der Waals surface area contributed by atoms with E-state index < -0.39 is 0 Å². The molecular weight excluding hydrogens is 568 g/mol. The zero-order valence-corrected chi connectivity index (χ0v) is 23.0. The van der Waals surface area contributed by atoms with Crippen molar-refractivity contribution >= 4 is 48.7 Å². The Hall–Kier alpha value is -0.481. The maximum absolute atomic E-state index is 12.5. The number of carbonyl (C=O) groups excluding carboxylic acids is 2. The Labute approximate surface area is 223 Å². The molecule has 1 heterocycles. The van der Waals surface area contributed by atoms with Gasteiger partial charge in [-0.25, -0.2) is 0 Å². The van der Waals surface area contributed by atoms with Crippen molar-refractivity contribution in [2.75, 3.05) is 64.4 Å². The average Bonchev–Trinajstić information content (AvgIpc) is 2.84. The number of halogens is 1. The fourth-order valence-corrected chi connectivity index (χ4v) is 4.53. The molecule has 1 aliphatic heterocycles. The molecule has 0 bridgehead atoms. The summed E-state index contributed by atoms with van der Waals surface area (Å²) in [5.74, 6) is 0.642. The monoisotopic (exact) mass is 597 g/mol. The van der Waals surface area contributed by atoms with Crippen LogP contribution < -0.4 is 0 Å². The first-order chi connectivity index (χ1) is 16.0. The van der Waals surface area contributed by atoms with Crippen molar-refractivity contribution < 1.29 is 36.7 Å². The van der Waals surface area contributed by atoms with Crippen molar-refractivity contribution in [3.8, 4) is 0 Å². The van der Waals surface area contributed by atoms with Crippen molar-refractivity contribution in [2.24, 2.45) is 5.92 Å². The molecule has 1 unspecified atom stereocenters. The van der Waals surface area contributed by atoms with Crippen molar-refractivity contribution in [2.45, 2.75) is 18.8 Å². The number of amides is 1. The van der Waals surface area contributed by atoms with E-state index in [0.717, 1.165) is 56.9 Å². The second-order valence-electron chi connectivity index (χ2n) is 7.69. The number of hydrogen-bond acceptors (Lipinski definition) is 8. The van der Waals surface area contributed by atoms with Gasteiger partial charge in [-0.15, -0.1) is 0 Å². The Morgan fingerprint density at radius 1 is 1.21 bits per heavy atom. The molecule has 1 fully saturated rings. The van der Waals surface area contributed by atoms with E-state index in [9.17, 15) is 9.59 Å². The molecule has 0 aromatic heterocycles. The van der Waals surface area contributed by atoms with Gasteiger partial charge in [0.1, 0.15) is 0 Å². The molecule has 1 aliphatic rings. The summed E-state index contributed by atoms with van der Waals surface area (Å²) >= 11 is 16.9. The molecular formula is C22H31ClN3O4S2Tc+. The van der Waals surface area contributed by atoms with E-state index in [4.69, 9.17) is 45.1 Å². The standard InChI is InChI=1S/C22H34ClN3O3S2.O.Tc/c1-29-22(28)20-15-25(11-7-19(20)17-3-5-18(23)6-4-17)9-2-10-26(12-14-31)16-21(27)24-8-13-30;;/h3-6,19-20H,2,7-16H2,1H3,(H3,24,27,30,31);;/q;;+4/p-3/t19?,20-;;/m1../s1. The number of nitrogens with zero attached hydrogens (tertiary/aromatic N) is 3. The fourth-order valence-electron chi connectivity index (χ4n) is 4.05. The van der Waals surface area contributed by atoms with E-state index >= 15 is 0 Å². The molecule has 1 aromatic rings. The third-order valence-electron chi connectivity index (χ3n) is 5.59. The summed E-state index contributed by atoms with van der Waals surface area (Å²) in [5, 5.41) is 4.64. The van der Waals surface area contributed by atoms with Gasteiger partial charge in [-0.3, -0.25) is 9.69 Å². The van der Waals surface area contributed by atoms with E-state index in [0.29, 0.717) is 36.2 Å². The van der Waals surface area contributed by atoms with Crippen LogP contribution in [0.3, 0.4) is 0 Å². The maximum atomic E-state index is 12.5. The number of esters is 1. The van der Waals surface area contributed by atoms with Gasteiger partial charge in [-0.05, 0) is 62.6 Å². The first kappa shape index (κ1) is 30.6. The summed E-state index contributed by atoms with van der Waals surface area (Å²) in [6.07, 6.45) is 1.78. The Morgan fingerprint density at radius 2 is 1.91 bits per heavy atom. The number of hydrogen-bond donors (Lipinski definition) is 0. The number of methoxy groups -OCH3 is 1. The predicted molar refractivity (Wildman–Crippen MR) is 130 cm³/mol. The van der Waals surface area contributed by atoms with E-state index in [1.165, 1.54) is 7.11 Å². The Kier molecular flexibility index (Phi) is 16.6. The molecule has 0 radical (unpaired) electrons. The molecule has 0 aliphatic carbocycles. The van der Waals surface area contributed by atoms with Gasteiger partial charge in [-0.2, -0.15) is 18.1 Å². The molecule has 0 N–H and O–H groups in total. The molecule has 0 saturated carbocycles. The van der Waals surface area contributed by atoms with Gasteiger partial charge >= 0.3 is 28.3 Å². The number of carbonyl (C=O) groups is 2. The Morgan fingerprint density at radius 3 is 2.52 bits per heavy atom. The van der Waals surface area contributed by atoms with Crippen LogP contribution in [0.2, 0.25) is 5.02 Å². The van der Waals surface area contributed by atoms with Crippen molar-refractivity contribution in [3.63, 3.8) is 0 Å². The zero-order chi connectivity index (χ0) is 24.6. The number of rotatable bonds is 12. The third-order valence-corrected chi connectivity index (χ3v) is 6.21. The first-order valence-electron chi connectivity index (χ1n) is 10.8. The van der Waals surface area contributed by atoms with Gasteiger partial charge in [0.2, 0.25) is 0 Å². The SMILES string of the molecule is COC(=O)[C@@H]1CN(CCCN(CC[S-])CC(=O)[N-]CC[S-])CCC1c1ccc(Cl)cc1.[O]=[Tc+4]. The molecule has 33 heavy (non-hydrogen) atoms. The zero-order valence-electron chi connectivity index (χ0n) is 18.8. The van der Waals surface area contributed by atoms with Gasteiger partial charge in [-0.1, -0.05) is 23.7 Å². The molecule has 2 atom stereocenters. The Bertz CT molecular complexity index is 717. The second kappa shape index (κ2) is 17.9. The molecule has 1 amide bonds. The van der Waals surface area contributed by atoms with Gasteiger partial charge in [0, 0.05) is 18.1 Å². The molecule has 0 spiro atoms. The Balaban J connectivity index is 0.00000265. The minimum absolute atomic E-state index is 0.126. The molecule has 1 aromatic carbocycles. The molecule has 7 nitrogen and oxygen atoms in total. The predicted octanol–water partition coefficient (Wildman–Crippen LogP) is 2.48. The van der Waals surface area contributed by atoms with Crippen LogP contribution in [0.4, 0.5) is 0 Å². The fraction of sp³-hybridized carbons (Fsp3) is 0.636. The van der Waals surface area contributed by atoms with Crippen LogP contribution >= 0.6 is 11.6 Å². The molecule has 11 heteroatoms. The van der Waals surface area contributed by atoms with Crippen LogP contribution in [0.5, 0.6) is 0 Å². The number of benzene rings is 1. The molecule has 183 valence electrons. The minimum atomic E-state index is -0.206. The van der Waals surface area contributed by atoms with E-state index in [2.05, 4.69) is 15.1 Å². The second-order valence-corrected chi connectivity index (χ2v) is 8.94. The van der Waals surface area contributed by atoms with Crippen molar-refractivity contribution in [1.29, 1.82) is 0 Å².